The third kappa shape index (κ3) is 3.09. The second kappa shape index (κ2) is 6.37. The van der Waals surface area contributed by atoms with Gasteiger partial charge in [0.05, 0.1) is 18.0 Å². The van der Waals surface area contributed by atoms with Crippen molar-refractivity contribution in [3.63, 3.8) is 0 Å². The Morgan fingerprint density at radius 1 is 1.46 bits per heavy atom. The lowest BCUT2D eigenvalue weighted by Gasteiger charge is -2.21. The highest BCUT2D eigenvalue weighted by Crippen LogP contribution is 2.40. The molecule has 3 heterocycles. The van der Waals surface area contributed by atoms with E-state index in [0.717, 1.165) is 0 Å². The molecule has 0 saturated heterocycles. The molecule has 1 unspecified atom stereocenters. The van der Waals surface area contributed by atoms with Gasteiger partial charge in [-0.15, -0.1) is 0 Å². The van der Waals surface area contributed by atoms with Gasteiger partial charge < -0.3 is 9.73 Å². The number of nitrogens with one attached hydrogen (secondary N) is 1. The smallest absolute Gasteiger partial charge is 0.408 e. The molecule has 0 radical (unpaired) electrons. The predicted octanol–water partition coefficient (Wildman–Crippen LogP) is 3.24. The molecule has 7 nitrogen and oxygen atoms in total. The van der Waals surface area contributed by atoms with Crippen molar-refractivity contribution in [2.24, 2.45) is 5.92 Å². The average molecular weight is 389 g/mol. The summed E-state index contributed by atoms with van der Waals surface area (Å²) in [7, 11) is 0. The maximum atomic E-state index is 13.2. The Balaban J connectivity index is 1.74. The molecule has 1 aliphatic carbocycles. The predicted molar refractivity (Wildman–Crippen MR) is 90.2 cm³/mol. The Kier molecular flexibility index (Phi) is 4.10. The molecule has 3 aromatic rings. The maximum absolute atomic E-state index is 13.2. The van der Waals surface area contributed by atoms with E-state index in [0.29, 0.717) is 24.1 Å². The molecule has 1 atom stereocenters. The topological polar surface area (TPSA) is 96.2 Å². The van der Waals surface area contributed by atoms with Gasteiger partial charge in [0.2, 0.25) is 0 Å². The molecule has 1 saturated carbocycles. The second-order valence-electron chi connectivity index (χ2n) is 6.70. The van der Waals surface area contributed by atoms with Crippen molar-refractivity contribution in [3.05, 3.63) is 41.4 Å². The lowest BCUT2D eigenvalue weighted by atomic mass is 10.1. The summed E-state index contributed by atoms with van der Waals surface area (Å²) >= 11 is 0. The first-order chi connectivity index (χ1) is 13.3. The number of furan rings is 1. The zero-order valence-electron chi connectivity index (χ0n) is 14.6. The first-order valence-electron chi connectivity index (χ1n) is 8.50. The molecule has 1 aliphatic rings. The van der Waals surface area contributed by atoms with Crippen molar-refractivity contribution in [1.82, 2.24) is 19.9 Å². The number of carbonyl (C=O) groups is 1. The number of fused-ring (bicyclic) bond motifs is 1. The van der Waals surface area contributed by atoms with Gasteiger partial charge in [-0.2, -0.15) is 23.5 Å². The molecule has 0 aliphatic heterocycles. The van der Waals surface area contributed by atoms with Crippen molar-refractivity contribution >= 4 is 11.6 Å². The molecule has 0 bridgehead atoms. The van der Waals surface area contributed by atoms with Gasteiger partial charge in [0.25, 0.3) is 5.91 Å². The number of carbonyl (C=O) groups excluding carboxylic acids is 1. The molecule has 1 fully saturated rings. The number of halogens is 3. The van der Waals surface area contributed by atoms with Crippen LogP contribution in [0.15, 0.2) is 29.0 Å². The van der Waals surface area contributed by atoms with Gasteiger partial charge in [-0.1, -0.05) is 0 Å². The molecule has 1 N–H and O–H groups in total. The number of aromatic nitrogens is 3. The number of nitriles is 1. The van der Waals surface area contributed by atoms with Crippen LogP contribution in [0.3, 0.4) is 0 Å². The number of aryl methyl sites for hydroxylation is 1. The monoisotopic (exact) mass is 389 g/mol. The van der Waals surface area contributed by atoms with E-state index >= 15 is 0 Å². The van der Waals surface area contributed by atoms with E-state index in [1.807, 2.05) is 6.07 Å². The summed E-state index contributed by atoms with van der Waals surface area (Å²) in [4.78, 5) is 16.7. The van der Waals surface area contributed by atoms with E-state index in [9.17, 15) is 18.0 Å². The van der Waals surface area contributed by atoms with Crippen LogP contribution in [0.4, 0.5) is 13.2 Å². The van der Waals surface area contributed by atoms with E-state index in [1.54, 1.807) is 13.0 Å². The number of hydrogen-bond acceptors (Lipinski definition) is 5. The highest BCUT2D eigenvalue weighted by molar-refractivity contribution is 5.93. The van der Waals surface area contributed by atoms with Crippen LogP contribution in [0.25, 0.3) is 17.1 Å². The number of alkyl halides is 3. The molecular formula is C18H14F3N5O2. The first-order valence-corrected chi connectivity index (χ1v) is 8.50. The summed E-state index contributed by atoms with van der Waals surface area (Å²) < 4.78 is 46.2. The number of hydrogen-bond donors (Lipinski definition) is 1. The van der Waals surface area contributed by atoms with Gasteiger partial charge >= 0.3 is 6.18 Å². The number of rotatable bonds is 4. The Labute approximate surface area is 156 Å². The minimum Gasteiger partial charge on any atom is -0.461 e. The Hall–Kier alpha value is -3.35. The zero-order valence-corrected chi connectivity index (χ0v) is 14.6. The van der Waals surface area contributed by atoms with Crippen molar-refractivity contribution in [1.29, 1.82) is 5.26 Å². The maximum Gasteiger partial charge on any atom is 0.408 e. The van der Waals surface area contributed by atoms with E-state index in [4.69, 9.17) is 9.68 Å². The van der Waals surface area contributed by atoms with Gasteiger partial charge in [0.15, 0.2) is 17.1 Å². The lowest BCUT2D eigenvalue weighted by Crippen LogP contribution is -2.47. The van der Waals surface area contributed by atoms with Gasteiger partial charge in [0.1, 0.15) is 17.8 Å². The largest absolute Gasteiger partial charge is 0.461 e. The van der Waals surface area contributed by atoms with Crippen molar-refractivity contribution in [2.45, 2.75) is 32.0 Å². The molecule has 1 amide bonds. The van der Waals surface area contributed by atoms with Crippen LogP contribution >= 0.6 is 0 Å². The van der Waals surface area contributed by atoms with E-state index in [1.165, 1.54) is 23.0 Å². The molecule has 144 valence electrons. The summed E-state index contributed by atoms with van der Waals surface area (Å²) in [6.45, 7) is 1.72. The van der Waals surface area contributed by atoms with Crippen LogP contribution in [-0.4, -0.2) is 32.7 Å². The fourth-order valence-electron chi connectivity index (χ4n) is 3.10. The van der Waals surface area contributed by atoms with Gasteiger partial charge in [-0.3, -0.25) is 4.79 Å². The number of amides is 1. The SMILES string of the molecule is Cc1cc(-c2occc2C#N)nn2c(C(=O)NC(C3CC3)C(F)(F)F)cnc12. The van der Waals surface area contributed by atoms with E-state index in [2.05, 4.69) is 15.4 Å². The van der Waals surface area contributed by atoms with Crippen molar-refractivity contribution < 1.29 is 22.4 Å². The normalized spacial score (nSPS) is 15.4. The van der Waals surface area contributed by atoms with E-state index in [-0.39, 0.29) is 22.7 Å². The van der Waals surface area contributed by atoms with Crippen LogP contribution in [0.1, 0.15) is 34.5 Å². The summed E-state index contributed by atoms with van der Waals surface area (Å²) in [6, 6.07) is 3.18. The fraction of sp³-hybridized carbons (Fsp3) is 0.333. The summed E-state index contributed by atoms with van der Waals surface area (Å²) in [5, 5.41) is 15.5. The van der Waals surface area contributed by atoms with Gasteiger partial charge in [-0.05, 0) is 43.4 Å². The molecule has 0 spiro atoms. The second-order valence-corrected chi connectivity index (χ2v) is 6.70. The van der Waals surface area contributed by atoms with Gasteiger partial charge in [-0.25, -0.2) is 9.50 Å². The van der Waals surface area contributed by atoms with Crippen LogP contribution in [0, 0.1) is 24.2 Å². The van der Waals surface area contributed by atoms with Crippen LogP contribution < -0.4 is 5.32 Å². The third-order valence-corrected chi connectivity index (χ3v) is 4.64. The Bertz CT molecular complexity index is 1100. The van der Waals surface area contributed by atoms with Crippen molar-refractivity contribution in [2.75, 3.05) is 0 Å². The lowest BCUT2D eigenvalue weighted by molar-refractivity contribution is -0.158. The molecule has 3 aromatic heterocycles. The molecule has 10 heteroatoms. The minimum atomic E-state index is -4.53. The Morgan fingerprint density at radius 3 is 2.86 bits per heavy atom. The number of nitrogens with zero attached hydrogens (tertiary/aromatic N) is 4. The van der Waals surface area contributed by atoms with E-state index < -0.39 is 24.0 Å². The third-order valence-electron chi connectivity index (χ3n) is 4.64. The summed E-state index contributed by atoms with van der Waals surface area (Å²) in [5.74, 6) is -1.31. The van der Waals surface area contributed by atoms with Crippen LogP contribution in [0.2, 0.25) is 0 Å². The van der Waals surface area contributed by atoms with Crippen molar-refractivity contribution in [3.8, 4) is 17.5 Å². The standard InChI is InChI=1S/C18H14F3N5O2/c1-9-6-12(14-11(7-22)4-5-28-14)25-26-13(8-23-16(9)26)17(27)24-15(10-2-3-10)18(19,20)21/h4-6,8,10,15H,2-3H2,1H3,(H,24,27). The van der Waals surface area contributed by atoms with Crippen LogP contribution in [-0.2, 0) is 0 Å². The zero-order chi connectivity index (χ0) is 20.1. The number of imidazole rings is 1. The first kappa shape index (κ1) is 18.0. The average Bonchev–Trinajstić information content (AvgIpc) is 3.18. The molecule has 4 rings (SSSR count). The summed E-state index contributed by atoms with van der Waals surface area (Å²) in [5.41, 5.74) is 1.35. The minimum absolute atomic E-state index is 0.125. The highest BCUT2D eigenvalue weighted by Gasteiger charge is 2.49. The quantitative estimate of drug-likeness (QED) is 0.739. The van der Waals surface area contributed by atoms with Crippen LogP contribution in [0.5, 0.6) is 0 Å². The Morgan fingerprint density at radius 2 is 2.21 bits per heavy atom. The molecule has 28 heavy (non-hydrogen) atoms. The van der Waals surface area contributed by atoms with Gasteiger partial charge in [0, 0.05) is 0 Å². The highest BCUT2D eigenvalue weighted by atomic mass is 19.4. The molecule has 0 aromatic carbocycles. The molecular weight excluding hydrogens is 375 g/mol. The summed E-state index contributed by atoms with van der Waals surface area (Å²) in [6.07, 6.45) is -1.16. The fourth-order valence-corrected chi connectivity index (χ4v) is 3.10.